The normalized spacial score (nSPS) is 16.5. The van der Waals surface area contributed by atoms with Crippen LogP contribution in [0, 0.1) is 0 Å². The van der Waals surface area contributed by atoms with E-state index in [9.17, 15) is 18.3 Å². The smallest absolute Gasteiger partial charge is 0.251 e. The van der Waals surface area contributed by atoms with Crippen LogP contribution in [0.3, 0.4) is 0 Å². The Morgan fingerprint density at radius 2 is 1.86 bits per heavy atom. The van der Waals surface area contributed by atoms with E-state index in [4.69, 9.17) is 16.3 Å². The van der Waals surface area contributed by atoms with Crippen molar-refractivity contribution in [1.82, 2.24) is 9.62 Å². The quantitative estimate of drug-likeness (QED) is 0.737. The lowest BCUT2D eigenvalue weighted by Gasteiger charge is -2.26. The van der Waals surface area contributed by atoms with E-state index in [0.29, 0.717) is 23.8 Å². The summed E-state index contributed by atoms with van der Waals surface area (Å²) in [7, 11) is -3.68. The molecule has 1 aliphatic rings. The Bertz CT molecular complexity index is 928. The van der Waals surface area contributed by atoms with Crippen LogP contribution in [0.15, 0.2) is 53.4 Å². The molecule has 28 heavy (non-hydrogen) atoms. The number of carbonyl (C=O) groups is 1. The maximum Gasteiger partial charge on any atom is 0.251 e. The number of ether oxygens (including phenoxy) is 1. The highest BCUT2D eigenvalue weighted by Gasteiger charge is 2.26. The summed E-state index contributed by atoms with van der Waals surface area (Å²) in [6.45, 7) is 1.25. The minimum absolute atomic E-state index is 0.0130. The molecule has 1 atom stereocenters. The number of morpholine rings is 1. The number of halogens is 1. The number of aliphatic hydroxyl groups is 1. The molecule has 1 saturated heterocycles. The molecule has 2 aromatic rings. The van der Waals surface area contributed by atoms with Crippen molar-refractivity contribution < 1.29 is 23.1 Å². The SMILES string of the molecule is O=C(NCC(O)c1ccc(Cl)cc1)c1cccc(S(=O)(=O)N2CCOCC2)c1. The van der Waals surface area contributed by atoms with E-state index in [0.717, 1.165) is 0 Å². The zero-order valence-corrected chi connectivity index (χ0v) is 16.6. The minimum atomic E-state index is -3.68. The summed E-state index contributed by atoms with van der Waals surface area (Å²) < 4.78 is 32.0. The van der Waals surface area contributed by atoms with E-state index in [-0.39, 0.29) is 30.1 Å². The van der Waals surface area contributed by atoms with Crippen LogP contribution in [0.4, 0.5) is 0 Å². The first-order valence-electron chi connectivity index (χ1n) is 8.77. The summed E-state index contributed by atoms with van der Waals surface area (Å²) in [6.07, 6.45) is -0.901. The summed E-state index contributed by atoms with van der Waals surface area (Å²) in [5.41, 5.74) is 0.825. The summed E-state index contributed by atoms with van der Waals surface area (Å²) in [4.78, 5) is 12.5. The topological polar surface area (TPSA) is 95.9 Å². The van der Waals surface area contributed by atoms with Crippen molar-refractivity contribution in [2.75, 3.05) is 32.8 Å². The Hall–Kier alpha value is -1.97. The lowest BCUT2D eigenvalue weighted by molar-refractivity contribution is 0.0730. The molecule has 1 fully saturated rings. The maximum atomic E-state index is 12.7. The van der Waals surface area contributed by atoms with Crippen LogP contribution >= 0.6 is 11.6 Å². The van der Waals surface area contributed by atoms with Crippen molar-refractivity contribution in [2.24, 2.45) is 0 Å². The molecule has 0 aliphatic carbocycles. The zero-order chi connectivity index (χ0) is 20.1. The molecule has 150 valence electrons. The summed E-state index contributed by atoms with van der Waals surface area (Å²) in [6, 6.07) is 12.5. The predicted molar refractivity (Wildman–Crippen MR) is 105 cm³/mol. The second-order valence-electron chi connectivity index (χ2n) is 6.32. The van der Waals surface area contributed by atoms with Gasteiger partial charge in [-0.15, -0.1) is 0 Å². The number of aliphatic hydroxyl groups excluding tert-OH is 1. The van der Waals surface area contributed by atoms with Crippen LogP contribution in [0.5, 0.6) is 0 Å². The monoisotopic (exact) mass is 424 g/mol. The molecule has 0 bridgehead atoms. The number of rotatable bonds is 6. The van der Waals surface area contributed by atoms with E-state index in [2.05, 4.69) is 5.32 Å². The number of hydrogen-bond donors (Lipinski definition) is 2. The van der Waals surface area contributed by atoms with Gasteiger partial charge in [0.15, 0.2) is 0 Å². The van der Waals surface area contributed by atoms with Crippen molar-refractivity contribution in [3.05, 3.63) is 64.7 Å². The summed E-state index contributed by atoms with van der Waals surface area (Å²) in [5, 5.41) is 13.4. The lowest BCUT2D eigenvalue weighted by atomic mass is 10.1. The Labute approximate surface area is 168 Å². The lowest BCUT2D eigenvalue weighted by Crippen LogP contribution is -2.40. The minimum Gasteiger partial charge on any atom is -0.387 e. The van der Waals surface area contributed by atoms with E-state index in [1.54, 1.807) is 24.3 Å². The van der Waals surface area contributed by atoms with E-state index >= 15 is 0 Å². The van der Waals surface area contributed by atoms with Gasteiger partial charge in [0.05, 0.1) is 24.2 Å². The molecule has 3 rings (SSSR count). The van der Waals surface area contributed by atoms with Gasteiger partial charge < -0.3 is 15.2 Å². The molecule has 0 radical (unpaired) electrons. The third-order valence-corrected chi connectivity index (χ3v) is 6.56. The third kappa shape index (κ3) is 4.89. The van der Waals surface area contributed by atoms with Crippen molar-refractivity contribution >= 4 is 27.5 Å². The molecule has 1 unspecified atom stereocenters. The number of nitrogens with one attached hydrogen (secondary N) is 1. The highest BCUT2D eigenvalue weighted by Crippen LogP contribution is 2.19. The van der Waals surface area contributed by atoms with Gasteiger partial charge >= 0.3 is 0 Å². The van der Waals surface area contributed by atoms with E-state index in [1.807, 2.05) is 0 Å². The van der Waals surface area contributed by atoms with Gasteiger partial charge in [0.1, 0.15) is 0 Å². The molecule has 0 saturated carbocycles. The molecule has 1 aliphatic heterocycles. The summed E-state index contributed by atoms with van der Waals surface area (Å²) in [5.74, 6) is -0.466. The van der Waals surface area contributed by atoms with Crippen LogP contribution in [0.2, 0.25) is 5.02 Å². The number of hydrogen-bond acceptors (Lipinski definition) is 5. The fourth-order valence-electron chi connectivity index (χ4n) is 2.83. The number of carbonyl (C=O) groups excluding carboxylic acids is 1. The standard InChI is InChI=1S/C19H21ClN2O5S/c20-16-6-4-14(5-7-16)18(23)13-21-19(24)15-2-1-3-17(12-15)28(25,26)22-8-10-27-11-9-22/h1-7,12,18,23H,8-11,13H2,(H,21,24). The molecule has 1 heterocycles. The van der Waals surface area contributed by atoms with Crippen molar-refractivity contribution in [1.29, 1.82) is 0 Å². The van der Waals surface area contributed by atoms with Gasteiger partial charge in [0.25, 0.3) is 5.91 Å². The first-order chi connectivity index (χ1) is 13.4. The van der Waals surface area contributed by atoms with Crippen LogP contribution in [0.25, 0.3) is 0 Å². The van der Waals surface area contributed by atoms with Gasteiger partial charge in [-0.05, 0) is 35.9 Å². The number of benzene rings is 2. The molecule has 2 aromatic carbocycles. The second-order valence-corrected chi connectivity index (χ2v) is 8.70. The first kappa shape index (κ1) is 20.8. The molecule has 9 heteroatoms. The first-order valence-corrected chi connectivity index (χ1v) is 10.6. The molecule has 0 aromatic heterocycles. The Balaban J connectivity index is 1.67. The van der Waals surface area contributed by atoms with Crippen molar-refractivity contribution in [2.45, 2.75) is 11.0 Å². The fourth-order valence-corrected chi connectivity index (χ4v) is 4.41. The predicted octanol–water partition coefficient (Wildman–Crippen LogP) is 1.82. The molecule has 7 nitrogen and oxygen atoms in total. The van der Waals surface area contributed by atoms with Gasteiger partial charge in [-0.25, -0.2) is 8.42 Å². The van der Waals surface area contributed by atoms with Crippen LogP contribution in [0.1, 0.15) is 22.0 Å². The largest absolute Gasteiger partial charge is 0.387 e. The number of amides is 1. The third-order valence-electron chi connectivity index (χ3n) is 4.41. The zero-order valence-electron chi connectivity index (χ0n) is 15.0. The van der Waals surface area contributed by atoms with Crippen molar-refractivity contribution in [3.63, 3.8) is 0 Å². The Morgan fingerprint density at radius 1 is 1.18 bits per heavy atom. The molecule has 0 spiro atoms. The summed E-state index contributed by atoms with van der Waals surface area (Å²) >= 11 is 5.82. The second kappa shape index (κ2) is 9.02. The van der Waals surface area contributed by atoms with Crippen LogP contribution in [-0.4, -0.2) is 56.6 Å². The van der Waals surface area contributed by atoms with Gasteiger partial charge in [-0.1, -0.05) is 29.8 Å². The fraction of sp³-hybridized carbons (Fsp3) is 0.316. The van der Waals surface area contributed by atoms with Crippen LogP contribution in [-0.2, 0) is 14.8 Å². The van der Waals surface area contributed by atoms with Gasteiger partial charge in [0.2, 0.25) is 10.0 Å². The van der Waals surface area contributed by atoms with Gasteiger partial charge in [-0.2, -0.15) is 4.31 Å². The average Bonchev–Trinajstić information content (AvgIpc) is 2.73. The van der Waals surface area contributed by atoms with E-state index < -0.39 is 22.0 Å². The van der Waals surface area contributed by atoms with Gasteiger partial charge in [0, 0.05) is 30.2 Å². The molecular weight excluding hydrogens is 404 g/mol. The number of nitrogens with zero attached hydrogens (tertiary/aromatic N) is 1. The number of sulfonamides is 1. The van der Waals surface area contributed by atoms with Crippen LogP contribution < -0.4 is 5.32 Å². The van der Waals surface area contributed by atoms with E-state index in [1.165, 1.54) is 28.6 Å². The van der Waals surface area contributed by atoms with Gasteiger partial charge in [-0.3, -0.25) is 4.79 Å². The van der Waals surface area contributed by atoms with Crippen molar-refractivity contribution in [3.8, 4) is 0 Å². The molecule has 1 amide bonds. The Kier molecular flexibility index (Phi) is 6.69. The maximum absolute atomic E-state index is 12.7. The molecule has 2 N–H and O–H groups in total. The molecular formula is C19H21ClN2O5S. The average molecular weight is 425 g/mol. The Morgan fingerprint density at radius 3 is 2.54 bits per heavy atom. The highest BCUT2D eigenvalue weighted by molar-refractivity contribution is 7.89. The highest BCUT2D eigenvalue weighted by atomic mass is 35.5.